The van der Waals surface area contributed by atoms with Crippen LogP contribution in [0.1, 0.15) is 26.3 Å². The summed E-state index contributed by atoms with van der Waals surface area (Å²) in [4.78, 5) is 28.1. The van der Waals surface area contributed by atoms with Gasteiger partial charge in [-0.25, -0.2) is 19.0 Å². The van der Waals surface area contributed by atoms with Crippen LogP contribution in [-0.2, 0) is 4.79 Å². The van der Waals surface area contributed by atoms with E-state index in [9.17, 15) is 19.1 Å². The van der Waals surface area contributed by atoms with Crippen molar-refractivity contribution in [3.63, 3.8) is 0 Å². The second-order valence-corrected chi connectivity index (χ2v) is 7.43. The van der Waals surface area contributed by atoms with Gasteiger partial charge in [-0.05, 0) is 55.7 Å². The minimum Gasteiger partial charge on any atom is -0.480 e. The van der Waals surface area contributed by atoms with Crippen LogP contribution in [0.5, 0.6) is 0 Å². The van der Waals surface area contributed by atoms with Gasteiger partial charge in [-0.3, -0.25) is 0 Å². The average molecular weight is 399 g/mol. The first kappa shape index (κ1) is 20.3. The zero-order chi connectivity index (χ0) is 21.3. The van der Waals surface area contributed by atoms with E-state index in [4.69, 9.17) is 4.42 Å². The molecule has 1 heterocycles. The first-order valence-electron chi connectivity index (χ1n) is 9.10. The molecule has 0 aliphatic rings. The highest BCUT2D eigenvalue weighted by atomic mass is 19.1. The van der Waals surface area contributed by atoms with Crippen molar-refractivity contribution in [3.8, 4) is 11.5 Å². The van der Waals surface area contributed by atoms with E-state index in [1.54, 1.807) is 26.0 Å². The molecule has 8 heteroatoms. The fourth-order valence-corrected chi connectivity index (χ4v) is 2.74. The molecule has 1 aromatic heterocycles. The number of carbonyl (C=O) groups excluding carboxylic acids is 1. The summed E-state index contributed by atoms with van der Waals surface area (Å²) in [5.41, 5.74) is 1.13. The highest BCUT2D eigenvalue weighted by Crippen LogP contribution is 2.28. The Balaban J connectivity index is 1.80. The smallest absolute Gasteiger partial charge is 0.329 e. The summed E-state index contributed by atoms with van der Waals surface area (Å²) in [5.74, 6) is -1.98. The van der Waals surface area contributed by atoms with Crippen LogP contribution >= 0.6 is 0 Å². The van der Waals surface area contributed by atoms with Gasteiger partial charge in [0.2, 0.25) is 5.89 Å². The Morgan fingerprint density at radius 3 is 2.55 bits per heavy atom. The Kier molecular flexibility index (Phi) is 5.28. The largest absolute Gasteiger partial charge is 0.480 e. The van der Waals surface area contributed by atoms with Crippen LogP contribution in [0.25, 0.3) is 22.6 Å². The fourth-order valence-electron chi connectivity index (χ4n) is 2.74. The first-order chi connectivity index (χ1) is 13.6. The van der Waals surface area contributed by atoms with E-state index in [0.29, 0.717) is 16.7 Å². The molecular formula is C21H22FN3O4. The number of urea groups is 1. The van der Waals surface area contributed by atoms with Crippen LogP contribution in [0.2, 0.25) is 0 Å². The van der Waals surface area contributed by atoms with E-state index in [2.05, 4.69) is 15.6 Å². The minimum absolute atomic E-state index is 0.0882. The van der Waals surface area contributed by atoms with Crippen LogP contribution in [0.4, 0.5) is 14.9 Å². The minimum atomic E-state index is -1.49. The normalized spacial score (nSPS) is 13.3. The average Bonchev–Trinajstić information content (AvgIpc) is 3.06. The Hall–Kier alpha value is -3.42. The Morgan fingerprint density at radius 1 is 1.21 bits per heavy atom. The molecule has 152 valence electrons. The molecule has 0 bridgehead atoms. The molecule has 0 aliphatic heterocycles. The summed E-state index contributed by atoms with van der Waals surface area (Å²) in [5, 5.41) is 14.1. The maximum absolute atomic E-state index is 14.5. The molecule has 0 spiro atoms. The quantitative estimate of drug-likeness (QED) is 0.583. The second-order valence-electron chi connectivity index (χ2n) is 7.43. The summed E-state index contributed by atoms with van der Waals surface area (Å²) >= 11 is 0. The maximum atomic E-state index is 14.5. The number of hydrogen-bond acceptors (Lipinski definition) is 4. The number of benzene rings is 2. The van der Waals surface area contributed by atoms with E-state index in [1.807, 2.05) is 19.1 Å². The monoisotopic (exact) mass is 399 g/mol. The second kappa shape index (κ2) is 7.54. The Labute approximate surface area is 166 Å². The number of fused-ring (bicyclic) bond motifs is 1. The standard InChI is InChI=1S/C21H22FN3O4/c1-11(2)21(4,19(26)27)25-20(28)24-15-7-6-13(10-14(15)22)18-23-16-9-12(3)5-8-17(16)29-18/h5-11H,1-4H3,(H,26,27)(H2,24,25,28). The molecule has 1 unspecified atom stereocenters. The third-order valence-corrected chi connectivity index (χ3v) is 4.98. The van der Waals surface area contributed by atoms with Gasteiger partial charge in [-0.2, -0.15) is 0 Å². The maximum Gasteiger partial charge on any atom is 0.329 e. The molecule has 2 amide bonds. The lowest BCUT2D eigenvalue weighted by atomic mass is 9.89. The first-order valence-corrected chi connectivity index (χ1v) is 9.10. The number of anilines is 1. The van der Waals surface area contributed by atoms with Crippen LogP contribution in [0, 0.1) is 18.7 Å². The zero-order valence-corrected chi connectivity index (χ0v) is 16.5. The number of carboxylic acid groups (broad SMARTS) is 1. The van der Waals surface area contributed by atoms with E-state index in [0.717, 1.165) is 5.56 Å². The van der Waals surface area contributed by atoms with Crippen molar-refractivity contribution in [3.05, 3.63) is 47.8 Å². The van der Waals surface area contributed by atoms with Crippen molar-refractivity contribution in [1.29, 1.82) is 0 Å². The number of halogens is 1. The van der Waals surface area contributed by atoms with Crippen LogP contribution in [0.15, 0.2) is 40.8 Å². The number of nitrogens with zero attached hydrogens (tertiary/aromatic N) is 1. The molecule has 29 heavy (non-hydrogen) atoms. The predicted octanol–water partition coefficient (Wildman–Crippen LogP) is 4.56. The van der Waals surface area contributed by atoms with Crippen LogP contribution < -0.4 is 10.6 Å². The lowest BCUT2D eigenvalue weighted by Crippen LogP contribution is -2.57. The van der Waals surface area contributed by atoms with Gasteiger partial charge in [-0.1, -0.05) is 19.9 Å². The van der Waals surface area contributed by atoms with Gasteiger partial charge in [0, 0.05) is 5.56 Å². The number of rotatable bonds is 5. The Morgan fingerprint density at radius 2 is 1.93 bits per heavy atom. The highest BCUT2D eigenvalue weighted by Gasteiger charge is 2.38. The van der Waals surface area contributed by atoms with E-state index < -0.39 is 23.4 Å². The summed E-state index contributed by atoms with van der Waals surface area (Å²) in [7, 11) is 0. The van der Waals surface area contributed by atoms with Crippen LogP contribution in [0.3, 0.4) is 0 Å². The van der Waals surface area contributed by atoms with Gasteiger partial charge in [-0.15, -0.1) is 0 Å². The van der Waals surface area contributed by atoms with Crippen molar-refractivity contribution in [1.82, 2.24) is 10.3 Å². The van der Waals surface area contributed by atoms with Crippen molar-refractivity contribution in [2.24, 2.45) is 5.92 Å². The van der Waals surface area contributed by atoms with Crippen LogP contribution in [-0.4, -0.2) is 27.6 Å². The fraction of sp³-hybridized carbons (Fsp3) is 0.286. The van der Waals surface area contributed by atoms with E-state index in [1.165, 1.54) is 19.1 Å². The summed E-state index contributed by atoms with van der Waals surface area (Å²) in [6, 6.07) is 8.89. The summed E-state index contributed by atoms with van der Waals surface area (Å²) in [6.07, 6.45) is 0. The molecule has 0 fully saturated rings. The number of carboxylic acids is 1. The van der Waals surface area contributed by atoms with Crippen molar-refractivity contribution in [2.45, 2.75) is 33.2 Å². The molecule has 7 nitrogen and oxygen atoms in total. The number of aryl methyl sites for hydroxylation is 1. The summed E-state index contributed by atoms with van der Waals surface area (Å²) in [6.45, 7) is 6.68. The number of nitrogens with one attached hydrogen (secondary N) is 2. The molecule has 0 aliphatic carbocycles. The molecule has 3 aromatic rings. The van der Waals surface area contributed by atoms with E-state index >= 15 is 0 Å². The van der Waals surface area contributed by atoms with Crippen molar-refractivity contribution in [2.75, 3.05) is 5.32 Å². The summed E-state index contributed by atoms with van der Waals surface area (Å²) < 4.78 is 20.2. The van der Waals surface area contributed by atoms with Gasteiger partial charge in [0.05, 0.1) is 5.69 Å². The number of aliphatic carboxylic acids is 1. The van der Waals surface area contributed by atoms with Crippen molar-refractivity contribution >= 4 is 28.8 Å². The number of oxazole rings is 1. The predicted molar refractivity (Wildman–Crippen MR) is 107 cm³/mol. The topological polar surface area (TPSA) is 104 Å². The zero-order valence-electron chi connectivity index (χ0n) is 16.5. The lowest BCUT2D eigenvalue weighted by Gasteiger charge is -2.30. The van der Waals surface area contributed by atoms with Gasteiger partial charge in [0.25, 0.3) is 0 Å². The van der Waals surface area contributed by atoms with Crippen molar-refractivity contribution < 1.29 is 23.5 Å². The third-order valence-electron chi connectivity index (χ3n) is 4.98. The van der Waals surface area contributed by atoms with Gasteiger partial charge < -0.3 is 20.2 Å². The molecule has 0 radical (unpaired) electrons. The lowest BCUT2D eigenvalue weighted by molar-refractivity contribution is -0.145. The third kappa shape index (κ3) is 4.06. The van der Waals surface area contributed by atoms with Gasteiger partial charge in [0.1, 0.15) is 16.9 Å². The molecule has 0 saturated carbocycles. The number of amides is 2. The number of carbonyl (C=O) groups is 2. The SMILES string of the molecule is Cc1ccc2oc(-c3ccc(NC(=O)NC(C)(C(=O)O)C(C)C)c(F)c3)nc2c1. The number of hydrogen-bond donors (Lipinski definition) is 3. The Bertz CT molecular complexity index is 1090. The molecule has 0 saturated heterocycles. The highest BCUT2D eigenvalue weighted by molar-refractivity contribution is 5.94. The molecule has 3 rings (SSSR count). The van der Waals surface area contributed by atoms with Gasteiger partial charge >= 0.3 is 12.0 Å². The molecule has 3 N–H and O–H groups in total. The molecular weight excluding hydrogens is 377 g/mol. The van der Waals surface area contributed by atoms with E-state index in [-0.39, 0.29) is 17.5 Å². The molecule has 2 aromatic carbocycles. The molecule has 1 atom stereocenters. The van der Waals surface area contributed by atoms with Gasteiger partial charge in [0.15, 0.2) is 5.58 Å². The number of aromatic nitrogens is 1.